The Bertz CT molecular complexity index is 1370. The summed E-state index contributed by atoms with van der Waals surface area (Å²) < 4.78 is 21.1. The number of anilines is 1. The molecule has 0 radical (unpaired) electrons. The van der Waals surface area contributed by atoms with Gasteiger partial charge >= 0.3 is 0 Å². The summed E-state index contributed by atoms with van der Waals surface area (Å²) in [5.74, 6) is 0.0596. The number of carbonyl (C=O) groups is 1. The van der Waals surface area contributed by atoms with E-state index in [-0.39, 0.29) is 24.4 Å². The first-order valence-electron chi connectivity index (χ1n) is 11.1. The van der Waals surface area contributed by atoms with Gasteiger partial charge in [0.25, 0.3) is 5.91 Å². The van der Waals surface area contributed by atoms with E-state index in [0.29, 0.717) is 34.9 Å². The summed E-state index contributed by atoms with van der Waals surface area (Å²) in [6.45, 7) is 2.14. The summed E-state index contributed by atoms with van der Waals surface area (Å²) in [4.78, 5) is 17.0. The Morgan fingerprint density at radius 1 is 1.24 bits per heavy atom. The summed E-state index contributed by atoms with van der Waals surface area (Å²) in [7, 11) is 0. The van der Waals surface area contributed by atoms with Gasteiger partial charge in [-0.05, 0) is 49.6 Å². The molecule has 0 atom stereocenters. The molecular weight excluding hydrogens is 437 g/mol. The van der Waals surface area contributed by atoms with Gasteiger partial charge in [-0.1, -0.05) is 12.1 Å². The van der Waals surface area contributed by atoms with Gasteiger partial charge in [0, 0.05) is 35.8 Å². The number of ether oxygens (including phenoxy) is 1. The highest BCUT2D eigenvalue weighted by molar-refractivity contribution is 5.96. The SMILES string of the molecule is Cc1cc(-c2cnc3c(NCCO)cc(Oc4cccc(F)c4)nn23)ccc1C(=O)NC1CC1. The highest BCUT2D eigenvalue weighted by Gasteiger charge is 2.24. The van der Waals surface area contributed by atoms with Gasteiger partial charge in [-0.2, -0.15) is 0 Å². The first kappa shape index (κ1) is 21.8. The third-order valence-electron chi connectivity index (χ3n) is 5.57. The molecule has 2 heterocycles. The number of aromatic nitrogens is 3. The quantitative estimate of drug-likeness (QED) is 0.368. The third kappa shape index (κ3) is 4.55. The highest BCUT2D eigenvalue weighted by atomic mass is 19.1. The van der Waals surface area contributed by atoms with Crippen molar-refractivity contribution in [1.29, 1.82) is 0 Å². The molecule has 3 N–H and O–H groups in total. The molecule has 0 unspecified atom stereocenters. The van der Waals surface area contributed by atoms with Gasteiger partial charge in [0.2, 0.25) is 5.88 Å². The molecule has 0 spiro atoms. The number of nitrogens with one attached hydrogen (secondary N) is 2. The van der Waals surface area contributed by atoms with Crippen LogP contribution in [0.1, 0.15) is 28.8 Å². The molecule has 0 bridgehead atoms. The van der Waals surface area contributed by atoms with E-state index in [2.05, 4.69) is 20.7 Å². The number of aliphatic hydroxyl groups is 1. The van der Waals surface area contributed by atoms with Crippen molar-refractivity contribution in [3.8, 4) is 22.9 Å². The Morgan fingerprint density at radius 2 is 2.09 bits per heavy atom. The Morgan fingerprint density at radius 3 is 2.82 bits per heavy atom. The average molecular weight is 461 g/mol. The van der Waals surface area contributed by atoms with E-state index in [1.807, 2.05) is 19.1 Å². The lowest BCUT2D eigenvalue weighted by Gasteiger charge is -2.12. The normalized spacial score (nSPS) is 13.1. The fourth-order valence-electron chi connectivity index (χ4n) is 3.73. The molecule has 5 rings (SSSR count). The zero-order valence-corrected chi connectivity index (χ0v) is 18.6. The van der Waals surface area contributed by atoms with E-state index < -0.39 is 5.82 Å². The van der Waals surface area contributed by atoms with Crippen molar-refractivity contribution >= 4 is 17.2 Å². The Labute approximate surface area is 195 Å². The number of imidazole rings is 1. The number of hydrogen-bond acceptors (Lipinski definition) is 6. The van der Waals surface area contributed by atoms with E-state index in [0.717, 1.165) is 24.0 Å². The molecule has 0 aliphatic heterocycles. The smallest absolute Gasteiger partial charge is 0.251 e. The second-order valence-corrected chi connectivity index (χ2v) is 8.26. The average Bonchev–Trinajstić information content (AvgIpc) is 3.52. The minimum Gasteiger partial charge on any atom is -0.437 e. The van der Waals surface area contributed by atoms with Gasteiger partial charge in [-0.15, -0.1) is 5.10 Å². The van der Waals surface area contributed by atoms with Crippen LogP contribution in [0.4, 0.5) is 10.1 Å². The van der Waals surface area contributed by atoms with Gasteiger partial charge in [0.15, 0.2) is 5.65 Å². The van der Waals surface area contributed by atoms with Crippen LogP contribution >= 0.6 is 0 Å². The van der Waals surface area contributed by atoms with Crippen LogP contribution in [0, 0.1) is 12.7 Å². The molecule has 2 aromatic carbocycles. The summed E-state index contributed by atoms with van der Waals surface area (Å²) in [6, 6.07) is 13.3. The van der Waals surface area contributed by atoms with Gasteiger partial charge in [-0.25, -0.2) is 13.9 Å². The highest BCUT2D eigenvalue weighted by Crippen LogP contribution is 2.30. The van der Waals surface area contributed by atoms with Crippen LogP contribution in [-0.4, -0.2) is 44.8 Å². The van der Waals surface area contributed by atoms with E-state index >= 15 is 0 Å². The molecule has 1 aliphatic rings. The lowest BCUT2D eigenvalue weighted by atomic mass is 10.0. The first-order chi connectivity index (χ1) is 16.5. The van der Waals surface area contributed by atoms with E-state index in [4.69, 9.17) is 4.74 Å². The van der Waals surface area contributed by atoms with Crippen molar-refractivity contribution in [2.75, 3.05) is 18.5 Å². The lowest BCUT2D eigenvalue weighted by molar-refractivity contribution is 0.0950. The molecule has 174 valence electrons. The van der Waals surface area contributed by atoms with Crippen LogP contribution < -0.4 is 15.4 Å². The van der Waals surface area contributed by atoms with Gasteiger partial charge in [0.05, 0.1) is 24.2 Å². The minimum absolute atomic E-state index is 0.0638. The summed E-state index contributed by atoms with van der Waals surface area (Å²) in [5.41, 5.74) is 4.16. The number of carbonyl (C=O) groups excluding carboxylic acids is 1. The maximum atomic E-state index is 13.6. The zero-order chi connectivity index (χ0) is 23.7. The molecule has 34 heavy (non-hydrogen) atoms. The van der Waals surface area contributed by atoms with Gasteiger partial charge < -0.3 is 20.5 Å². The predicted molar refractivity (Wildman–Crippen MR) is 126 cm³/mol. The number of halogens is 1. The fraction of sp³-hybridized carbons (Fsp3) is 0.240. The molecular formula is C25H24FN5O3. The van der Waals surface area contributed by atoms with Crippen molar-refractivity contribution in [3.05, 3.63) is 71.7 Å². The molecule has 9 heteroatoms. The zero-order valence-electron chi connectivity index (χ0n) is 18.6. The number of rotatable bonds is 8. The summed E-state index contributed by atoms with van der Waals surface area (Å²) in [6.07, 6.45) is 3.75. The van der Waals surface area contributed by atoms with Crippen molar-refractivity contribution in [3.63, 3.8) is 0 Å². The standard InChI is InChI=1S/C25H24FN5O3/c1-15-11-16(5-8-20(15)25(33)29-18-6-7-18)22-14-28-24-21(27-9-10-32)13-23(30-31(22)24)34-19-4-2-3-17(26)12-19/h2-5,8,11-14,18,27,32H,6-7,9-10H2,1H3,(H,29,33). The molecule has 1 aliphatic carbocycles. The summed E-state index contributed by atoms with van der Waals surface area (Å²) >= 11 is 0. The van der Waals surface area contributed by atoms with Crippen molar-refractivity contribution in [2.24, 2.45) is 0 Å². The number of hydrogen-bond donors (Lipinski definition) is 3. The number of fused-ring (bicyclic) bond motifs is 1. The molecule has 1 fully saturated rings. The Hall–Kier alpha value is -3.98. The fourth-order valence-corrected chi connectivity index (χ4v) is 3.73. The van der Waals surface area contributed by atoms with Crippen LogP contribution in [-0.2, 0) is 0 Å². The second-order valence-electron chi connectivity index (χ2n) is 8.26. The number of benzene rings is 2. The monoisotopic (exact) mass is 461 g/mol. The van der Waals surface area contributed by atoms with Gasteiger partial charge in [0.1, 0.15) is 11.6 Å². The minimum atomic E-state index is -0.415. The van der Waals surface area contributed by atoms with Crippen molar-refractivity contribution < 1.29 is 19.0 Å². The summed E-state index contributed by atoms with van der Waals surface area (Å²) in [5, 5.41) is 20.0. The van der Waals surface area contributed by atoms with E-state index in [1.165, 1.54) is 12.1 Å². The van der Waals surface area contributed by atoms with Crippen LogP contribution in [0.15, 0.2) is 54.7 Å². The Balaban J connectivity index is 1.53. The Kier molecular flexibility index (Phi) is 5.85. The lowest BCUT2D eigenvalue weighted by Crippen LogP contribution is -2.26. The van der Waals surface area contributed by atoms with Crippen LogP contribution in [0.5, 0.6) is 11.6 Å². The maximum Gasteiger partial charge on any atom is 0.251 e. The van der Waals surface area contributed by atoms with Crippen molar-refractivity contribution in [2.45, 2.75) is 25.8 Å². The molecule has 8 nitrogen and oxygen atoms in total. The third-order valence-corrected chi connectivity index (χ3v) is 5.57. The first-order valence-corrected chi connectivity index (χ1v) is 11.1. The largest absolute Gasteiger partial charge is 0.437 e. The number of aryl methyl sites for hydroxylation is 1. The second kappa shape index (κ2) is 9.11. The molecule has 1 amide bonds. The van der Waals surface area contributed by atoms with Crippen LogP contribution in [0.2, 0.25) is 0 Å². The van der Waals surface area contributed by atoms with E-state index in [9.17, 15) is 14.3 Å². The molecule has 0 saturated heterocycles. The van der Waals surface area contributed by atoms with Crippen LogP contribution in [0.3, 0.4) is 0 Å². The van der Waals surface area contributed by atoms with E-state index in [1.54, 1.807) is 35.0 Å². The molecule has 2 aromatic heterocycles. The predicted octanol–water partition coefficient (Wildman–Crippen LogP) is 3.93. The van der Waals surface area contributed by atoms with Gasteiger partial charge in [-0.3, -0.25) is 4.79 Å². The maximum absolute atomic E-state index is 13.6. The number of amides is 1. The molecule has 4 aromatic rings. The molecule has 1 saturated carbocycles. The number of aliphatic hydroxyl groups excluding tert-OH is 1. The van der Waals surface area contributed by atoms with Crippen LogP contribution in [0.25, 0.3) is 16.9 Å². The van der Waals surface area contributed by atoms with Crippen molar-refractivity contribution in [1.82, 2.24) is 19.9 Å². The number of nitrogens with zero attached hydrogens (tertiary/aromatic N) is 3. The topological polar surface area (TPSA) is 101 Å².